The van der Waals surface area contributed by atoms with Gasteiger partial charge in [0.05, 0.1) is 17.3 Å². The molecule has 4 atom stereocenters. The van der Waals surface area contributed by atoms with Crippen LogP contribution in [-0.4, -0.2) is 81.2 Å². The number of aliphatic hydroxyl groups is 3. The number of likely N-dealkylation sites (N-methyl/N-ethyl adjacent to an activating group) is 1. The zero-order valence-electron chi connectivity index (χ0n) is 20.4. The highest BCUT2D eigenvalue weighted by Gasteiger charge is 2.63. The number of nitrogens with two attached hydrogens (primary N) is 1. The molecular formula is C24H27F3N4O7. The number of nitrogens with one attached hydrogen (secondary N) is 2. The lowest BCUT2D eigenvalue weighted by molar-refractivity contribution is -0.190. The Bertz CT molecular complexity index is 1290. The van der Waals surface area contributed by atoms with E-state index in [0.29, 0.717) is 11.1 Å². The first kappa shape index (κ1) is 27.6. The summed E-state index contributed by atoms with van der Waals surface area (Å²) < 4.78 is 37.2. The number of carbonyl (C=O) groups excluding carboxylic acids is 2. The lowest BCUT2D eigenvalue weighted by Crippen LogP contribution is -2.67. The normalized spacial score (nSPS) is 27.4. The topological polar surface area (TPSA) is 189 Å². The third kappa shape index (κ3) is 4.22. The van der Waals surface area contributed by atoms with Crippen molar-refractivity contribution in [3.05, 3.63) is 45.7 Å². The summed E-state index contributed by atoms with van der Waals surface area (Å²) in [6.45, 7) is -1.76. The van der Waals surface area contributed by atoms with E-state index in [1.165, 1.54) is 17.0 Å². The Morgan fingerprint density at radius 1 is 1.29 bits per heavy atom. The van der Waals surface area contributed by atoms with Crippen molar-refractivity contribution < 1.29 is 48.0 Å². The molecule has 14 heteroatoms. The predicted octanol–water partition coefficient (Wildman–Crippen LogP) is 0.998. The number of aliphatic hydroxyl groups excluding tert-OH is 2. The molecule has 8 N–H and O–H groups in total. The lowest BCUT2D eigenvalue weighted by atomic mass is 9.56. The molecule has 0 saturated heterocycles. The molecule has 1 saturated carbocycles. The van der Waals surface area contributed by atoms with E-state index in [9.17, 15) is 43.2 Å². The largest absolute Gasteiger partial charge is 0.510 e. The smallest absolute Gasteiger partial charge is 0.413 e. The summed E-state index contributed by atoms with van der Waals surface area (Å²) in [5.74, 6) is -5.78. The molecule has 0 aromatic heterocycles. The molecule has 3 aliphatic carbocycles. The third-order valence-electron chi connectivity index (χ3n) is 7.36. The lowest BCUT2D eigenvalue weighted by Gasteiger charge is -2.51. The number of hydrogen-bond acceptors (Lipinski definition) is 10. The zero-order valence-corrected chi connectivity index (χ0v) is 20.4. The predicted molar refractivity (Wildman–Crippen MR) is 126 cm³/mol. The number of primary amides is 1. The van der Waals surface area contributed by atoms with E-state index in [1.807, 2.05) is 0 Å². The first-order chi connectivity index (χ1) is 17.6. The summed E-state index contributed by atoms with van der Waals surface area (Å²) in [5.41, 5.74) is 3.70. The summed E-state index contributed by atoms with van der Waals surface area (Å²) in [6, 6.07) is 1.55. The van der Waals surface area contributed by atoms with Gasteiger partial charge in [-0.3, -0.25) is 19.3 Å². The van der Waals surface area contributed by atoms with Crippen molar-refractivity contribution in [1.29, 1.82) is 5.41 Å². The molecule has 1 aromatic rings. The van der Waals surface area contributed by atoms with Crippen molar-refractivity contribution in [2.24, 2.45) is 17.6 Å². The van der Waals surface area contributed by atoms with Gasteiger partial charge >= 0.3 is 6.18 Å². The number of halogens is 3. The van der Waals surface area contributed by atoms with Gasteiger partial charge in [0.2, 0.25) is 5.78 Å². The molecule has 206 valence electrons. The van der Waals surface area contributed by atoms with E-state index in [0.717, 1.165) is 0 Å². The van der Waals surface area contributed by atoms with Crippen molar-refractivity contribution in [3.63, 3.8) is 0 Å². The van der Waals surface area contributed by atoms with Gasteiger partial charge in [-0.05, 0) is 50.0 Å². The number of rotatable bonds is 6. The van der Waals surface area contributed by atoms with Crippen LogP contribution in [0.4, 0.5) is 13.2 Å². The van der Waals surface area contributed by atoms with Gasteiger partial charge in [0.1, 0.15) is 22.8 Å². The number of nitrogens with zero attached hydrogens (tertiary/aromatic N) is 1. The van der Waals surface area contributed by atoms with Crippen LogP contribution in [0.25, 0.3) is 5.76 Å². The Kier molecular flexibility index (Phi) is 6.80. The van der Waals surface area contributed by atoms with E-state index >= 15 is 0 Å². The molecule has 0 heterocycles. The average molecular weight is 540 g/mol. The number of carbonyl (C=O) groups is 2. The van der Waals surface area contributed by atoms with Crippen LogP contribution in [0.5, 0.6) is 5.75 Å². The average Bonchev–Trinajstić information content (AvgIpc) is 2.79. The minimum absolute atomic E-state index is 0.0322. The van der Waals surface area contributed by atoms with Crippen LogP contribution in [0.3, 0.4) is 0 Å². The molecule has 3 aliphatic rings. The number of hydroxylamine groups is 1. The molecule has 0 unspecified atom stereocenters. The molecule has 1 fully saturated rings. The van der Waals surface area contributed by atoms with Gasteiger partial charge in [-0.25, -0.2) is 0 Å². The van der Waals surface area contributed by atoms with Crippen LogP contribution < -0.4 is 11.2 Å². The highest BCUT2D eigenvalue weighted by Crippen LogP contribution is 2.52. The third-order valence-corrected chi connectivity index (χ3v) is 7.36. The number of hydrogen-bond donors (Lipinski definition) is 7. The van der Waals surface area contributed by atoms with Crippen LogP contribution in [0.15, 0.2) is 29.0 Å². The van der Waals surface area contributed by atoms with Crippen molar-refractivity contribution in [1.82, 2.24) is 10.4 Å². The number of fused-ring (bicyclic) bond motifs is 3. The first-order valence-electron chi connectivity index (χ1n) is 11.6. The molecule has 1 amide bonds. The van der Waals surface area contributed by atoms with Crippen LogP contribution in [0.1, 0.15) is 23.1 Å². The number of aromatic hydroxyl groups is 1. The second kappa shape index (κ2) is 9.38. The highest BCUT2D eigenvalue weighted by molar-refractivity contribution is 6.33. The second-order valence-electron chi connectivity index (χ2n) is 9.83. The molecule has 0 spiro atoms. The van der Waals surface area contributed by atoms with Crippen LogP contribution in [0.2, 0.25) is 0 Å². The number of Topliss-reactive ketones (excluding diaryl/α,β-unsaturated/α-hetero) is 1. The molecule has 38 heavy (non-hydrogen) atoms. The summed E-state index contributed by atoms with van der Waals surface area (Å²) in [6.07, 6.45) is -4.55. The molecule has 0 bridgehead atoms. The minimum atomic E-state index is -4.55. The van der Waals surface area contributed by atoms with E-state index in [4.69, 9.17) is 11.1 Å². The maximum absolute atomic E-state index is 13.8. The fourth-order valence-corrected chi connectivity index (χ4v) is 5.79. The molecular weight excluding hydrogens is 513 g/mol. The fraction of sp³-hybridized carbons (Fsp3) is 0.458. The Labute approximate surface area is 214 Å². The Balaban J connectivity index is 1.79. The van der Waals surface area contributed by atoms with Crippen molar-refractivity contribution in [2.75, 3.05) is 20.7 Å². The number of phenolic OH excluding ortho intramolecular Hbond substituents is 1. The number of alkyl halides is 3. The van der Waals surface area contributed by atoms with Gasteiger partial charge < -0.3 is 31.6 Å². The molecule has 0 aliphatic heterocycles. The van der Waals surface area contributed by atoms with E-state index in [-0.39, 0.29) is 30.5 Å². The number of amides is 1. The summed E-state index contributed by atoms with van der Waals surface area (Å²) in [7, 11) is 3.09. The van der Waals surface area contributed by atoms with Crippen LogP contribution in [-0.2, 0) is 27.4 Å². The van der Waals surface area contributed by atoms with Crippen molar-refractivity contribution in [3.8, 4) is 5.75 Å². The number of benzene rings is 1. The Morgan fingerprint density at radius 2 is 1.95 bits per heavy atom. The zero-order chi connectivity index (χ0) is 28.3. The van der Waals surface area contributed by atoms with Gasteiger partial charge in [-0.1, -0.05) is 6.07 Å². The van der Waals surface area contributed by atoms with Crippen LogP contribution in [0, 0.1) is 17.2 Å². The quantitative estimate of drug-likeness (QED) is 0.204. The van der Waals surface area contributed by atoms with E-state index < -0.39 is 76.5 Å². The maximum Gasteiger partial charge on any atom is 0.413 e. The summed E-state index contributed by atoms with van der Waals surface area (Å²) >= 11 is 0. The molecule has 1 aromatic carbocycles. The molecule has 4 rings (SSSR count). The fourth-order valence-electron chi connectivity index (χ4n) is 5.79. The van der Waals surface area contributed by atoms with Gasteiger partial charge in [-0.2, -0.15) is 18.7 Å². The molecule has 0 radical (unpaired) electrons. The van der Waals surface area contributed by atoms with Crippen molar-refractivity contribution in [2.45, 2.75) is 37.2 Å². The first-order valence-corrected chi connectivity index (χ1v) is 11.6. The summed E-state index contributed by atoms with van der Waals surface area (Å²) in [5, 5.41) is 52.6. The SMILES string of the molecule is CN(C)[C@H]1C(O)=C(C(N)=O)C(=N)[C@@]2(O)C(=O)C3=C(O)c4c(O)ccc(CNOCC(F)(F)F)c4C[C@H]3C[C@@H]12. The minimum Gasteiger partial charge on any atom is -0.510 e. The standard InChI is InChI=1S/C24H27F3N4O7/c1-31(2)17-12-6-10-5-11-9(7-30-38-8-23(25,26)27)3-4-13(32)15(11)18(33)14(10)21(35)24(12,37)20(28)16(19(17)34)22(29)36/h3-4,10,12,17,28,30,32-34,37H,5-8H2,1-2H3,(H2,29,36)/t10-,12-,17+,24+/m0/s1. The number of ketones is 1. The monoisotopic (exact) mass is 540 g/mol. The number of phenols is 1. The van der Waals surface area contributed by atoms with E-state index in [1.54, 1.807) is 14.1 Å². The van der Waals surface area contributed by atoms with Gasteiger partial charge in [0, 0.05) is 18.0 Å². The molecule has 11 nitrogen and oxygen atoms in total. The second-order valence-corrected chi connectivity index (χ2v) is 9.83. The summed E-state index contributed by atoms with van der Waals surface area (Å²) in [4.78, 5) is 31.8. The maximum atomic E-state index is 13.8. The Hall–Kier alpha value is -3.46. The van der Waals surface area contributed by atoms with Crippen molar-refractivity contribution >= 4 is 23.2 Å². The van der Waals surface area contributed by atoms with Gasteiger partial charge in [0.15, 0.2) is 12.2 Å². The Morgan fingerprint density at radius 3 is 2.53 bits per heavy atom. The highest BCUT2D eigenvalue weighted by atomic mass is 19.4. The van der Waals surface area contributed by atoms with Crippen LogP contribution >= 0.6 is 0 Å². The van der Waals surface area contributed by atoms with Gasteiger partial charge in [-0.15, -0.1) is 0 Å². The van der Waals surface area contributed by atoms with E-state index in [2.05, 4.69) is 10.3 Å². The van der Waals surface area contributed by atoms with Gasteiger partial charge in [0.25, 0.3) is 5.91 Å².